The lowest BCUT2D eigenvalue weighted by molar-refractivity contribution is -0.118. The highest BCUT2D eigenvalue weighted by atomic mass is 16.5. The fourth-order valence-corrected chi connectivity index (χ4v) is 1.76. The van der Waals surface area contributed by atoms with E-state index in [0.717, 1.165) is 22.6 Å². The lowest BCUT2D eigenvalue weighted by atomic mass is 10.1. The summed E-state index contributed by atoms with van der Waals surface area (Å²) in [5.41, 5.74) is 8.52. The van der Waals surface area contributed by atoms with Crippen LogP contribution in [0.5, 0.6) is 5.75 Å². The second-order valence-electron chi connectivity index (χ2n) is 4.45. The number of carbonyl (C=O) groups is 1. The third kappa shape index (κ3) is 3.23. The monoisotopic (exact) mass is 250 g/mol. The number of anilines is 1. The van der Waals surface area contributed by atoms with E-state index >= 15 is 0 Å². The number of hydrogen-bond donors (Lipinski definition) is 1. The van der Waals surface area contributed by atoms with Gasteiger partial charge in [-0.25, -0.2) is 0 Å². The number of benzene rings is 1. The average Bonchev–Trinajstić information content (AvgIpc) is 2.37. The molecule has 1 aromatic carbocycles. The first-order valence-electron chi connectivity index (χ1n) is 6.13. The number of carbonyl (C=O) groups excluding carboxylic acids is 1. The first-order valence-corrected chi connectivity index (χ1v) is 6.13. The zero-order chi connectivity index (χ0) is 13.7. The minimum Gasteiger partial charge on any atom is -0.495 e. The lowest BCUT2D eigenvalue weighted by Gasteiger charge is -2.21. The minimum atomic E-state index is 0.0574. The van der Waals surface area contributed by atoms with Crippen LogP contribution in [-0.4, -0.2) is 26.6 Å². The van der Waals surface area contributed by atoms with Crippen LogP contribution in [0.25, 0.3) is 0 Å². The second kappa shape index (κ2) is 6.40. The van der Waals surface area contributed by atoms with Gasteiger partial charge < -0.3 is 15.4 Å². The molecule has 0 spiro atoms. The molecule has 0 aromatic heterocycles. The molecule has 0 unspecified atom stereocenters. The predicted molar refractivity (Wildman–Crippen MR) is 74.2 cm³/mol. The van der Waals surface area contributed by atoms with Gasteiger partial charge in [0.05, 0.1) is 12.8 Å². The quantitative estimate of drug-likeness (QED) is 0.869. The molecule has 1 amide bonds. The van der Waals surface area contributed by atoms with Crippen LogP contribution in [0.15, 0.2) is 12.1 Å². The largest absolute Gasteiger partial charge is 0.495 e. The Kier molecular flexibility index (Phi) is 5.16. The highest BCUT2D eigenvalue weighted by Gasteiger charge is 2.15. The van der Waals surface area contributed by atoms with E-state index in [2.05, 4.69) is 0 Å². The summed E-state index contributed by atoms with van der Waals surface area (Å²) in [7, 11) is 3.39. The molecule has 1 aromatic rings. The van der Waals surface area contributed by atoms with Crippen molar-refractivity contribution in [1.82, 2.24) is 0 Å². The van der Waals surface area contributed by atoms with Gasteiger partial charge >= 0.3 is 0 Å². The Hall–Kier alpha value is -1.55. The van der Waals surface area contributed by atoms with Gasteiger partial charge in [0.15, 0.2) is 0 Å². The number of aryl methyl sites for hydroxylation is 2. The zero-order valence-corrected chi connectivity index (χ0v) is 11.6. The Bertz CT molecular complexity index is 430. The van der Waals surface area contributed by atoms with Crippen molar-refractivity contribution in [2.45, 2.75) is 26.7 Å². The standard InChI is InChI=1S/C14H22N2O2/c1-10-8-12(13(18-4)9-11(10)2)16(3)14(17)6-5-7-15/h8-9H,5-7,15H2,1-4H3. The molecule has 0 atom stereocenters. The van der Waals surface area contributed by atoms with E-state index in [0.29, 0.717) is 19.4 Å². The van der Waals surface area contributed by atoms with E-state index < -0.39 is 0 Å². The number of nitrogens with two attached hydrogens (primary N) is 1. The molecule has 18 heavy (non-hydrogen) atoms. The van der Waals surface area contributed by atoms with Gasteiger partial charge in [-0.2, -0.15) is 0 Å². The zero-order valence-electron chi connectivity index (χ0n) is 11.6. The van der Waals surface area contributed by atoms with E-state index in [1.807, 2.05) is 26.0 Å². The second-order valence-corrected chi connectivity index (χ2v) is 4.45. The van der Waals surface area contributed by atoms with Gasteiger partial charge in [-0.15, -0.1) is 0 Å². The predicted octanol–water partition coefficient (Wildman–Crippen LogP) is 2.01. The van der Waals surface area contributed by atoms with E-state index in [-0.39, 0.29) is 5.91 Å². The van der Waals surface area contributed by atoms with Crippen LogP contribution in [0.3, 0.4) is 0 Å². The van der Waals surface area contributed by atoms with Crippen molar-refractivity contribution < 1.29 is 9.53 Å². The Morgan fingerprint density at radius 3 is 2.50 bits per heavy atom. The molecule has 1 rings (SSSR count). The van der Waals surface area contributed by atoms with Crippen molar-refractivity contribution in [1.29, 1.82) is 0 Å². The summed E-state index contributed by atoms with van der Waals surface area (Å²) in [6, 6.07) is 3.94. The Morgan fingerprint density at radius 1 is 1.33 bits per heavy atom. The summed E-state index contributed by atoms with van der Waals surface area (Å²) >= 11 is 0. The highest BCUT2D eigenvalue weighted by Crippen LogP contribution is 2.31. The molecule has 0 aliphatic rings. The molecule has 2 N–H and O–H groups in total. The summed E-state index contributed by atoms with van der Waals surface area (Å²) in [6.07, 6.45) is 1.17. The van der Waals surface area contributed by atoms with E-state index in [9.17, 15) is 4.79 Å². The molecule has 0 aliphatic heterocycles. The summed E-state index contributed by atoms with van der Waals surface area (Å²) in [4.78, 5) is 13.6. The van der Waals surface area contributed by atoms with Crippen LogP contribution < -0.4 is 15.4 Å². The Morgan fingerprint density at radius 2 is 1.94 bits per heavy atom. The number of nitrogens with zero attached hydrogens (tertiary/aromatic N) is 1. The first-order chi connectivity index (χ1) is 8.51. The number of rotatable bonds is 5. The van der Waals surface area contributed by atoms with Crippen LogP contribution in [0, 0.1) is 13.8 Å². The molecule has 0 bridgehead atoms. The van der Waals surface area contributed by atoms with Crippen molar-refractivity contribution in [2.24, 2.45) is 5.73 Å². The normalized spacial score (nSPS) is 10.3. The van der Waals surface area contributed by atoms with Crippen molar-refractivity contribution >= 4 is 11.6 Å². The SMILES string of the molecule is COc1cc(C)c(C)cc1N(C)C(=O)CCCN. The van der Waals surface area contributed by atoms with Gasteiger partial charge in [-0.05, 0) is 50.1 Å². The van der Waals surface area contributed by atoms with Gasteiger partial charge in [0.1, 0.15) is 5.75 Å². The van der Waals surface area contributed by atoms with Crippen molar-refractivity contribution in [3.8, 4) is 5.75 Å². The maximum atomic E-state index is 12.0. The van der Waals surface area contributed by atoms with Gasteiger partial charge in [-0.3, -0.25) is 4.79 Å². The summed E-state index contributed by atoms with van der Waals surface area (Å²) in [6.45, 7) is 4.58. The number of hydrogen-bond acceptors (Lipinski definition) is 3. The van der Waals surface area contributed by atoms with Crippen LogP contribution in [0.2, 0.25) is 0 Å². The molecule has 100 valence electrons. The summed E-state index contributed by atoms with van der Waals surface area (Å²) in [5, 5.41) is 0. The van der Waals surface area contributed by atoms with Gasteiger partial charge in [-0.1, -0.05) is 0 Å². The third-order valence-electron chi connectivity index (χ3n) is 3.13. The molecule has 4 nitrogen and oxygen atoms in total. The van der Waals surface area contributed by atoms with Crippen LogP contribution in [0.1, 0.15) is 24.0 Å². The van der Waals surface area contributed by atoms with E-state index in [1.54, 1.807) is 19.1 Å². The number of methoxy groups -OCH3 is 1. The fourth-order valence-electron chi connectivity index (χ4n) is 1.76. The first kappa shape index (κ1) is 14.5. The molecule has 0 fully saturated rings. The van der Waals surface area contributed by atoms with Crippen LogP contribution in [-0.2, 0) is 4.79 Å². The van der Waals surface area contributed by atoms with Crippen molar-refractivity contribution in [2.75, 3.05) is 25.6 Å². The van der Waals surface area contributed by atoms with E-state index in [4.69, 9.17) is 10.5 Å². The molecule has 0 saturated heterocycles. The van der Waals surface area contributed by atoms with Crippen LogP contribution in [0.4, 0.5) is 5.69 Å². The molecule has 0 radical (unpaired) electrons. The number of amides is 1. The lowest BCUT2D eigenvalue weighted by Crippen LogP contribution is -2.27. The topological polar surface area (TPSA) is 55.6 Å². The third-order valence-corrected chi connectivity index (χ3v) is 3.13. The van der Waals surface area contributed by atoms with Gasteiger partial charge in [0.2, 0.25) is 5.91 Å². The average molecular weight is 250 g/mol. The molecular weight excluding hydrogens is 228 g/mol. The van der Waals surface area contributed by atoms with E-state index in [1.165, 1.54) is 0 Å². The molecule has 0 heterocycles. The van der Waals surface area contributed by atoms with Crippen molar-refractivity contribution in [3.05, 3.63) is 23.3 Å². The molecule has 4 heteroatoms. The van der Waals surface area contributed by atoms with Gasteiger partial charge in [0.25, 0.3) is 0 Å². The van der Waals surface area contributed by atoms with Crippen molar-refractivity contribution in [3.63, 3.8) is 0 Å². The molecule has 0 saturated carbocycles. The number of ether oxygens (including phenoxy) is 1. The molecular formula is C14H22N2O2. The van der Waals surface area contributed by atoms with Gasteiger partial charge in [0, 0.05) is 13.5 Å². The smallest absolute Gasteiger partial charge is 0.226 e. The summed E-state index contributed by atoms with van der Waals surface area (Å²) in [5.74, 6) is 0.781. The highest BCUT2D eigenvalue weighted by molar-refractivity contribution is 5.94. The maximum Gasteiger partial charge on any atom is 0.226 e. The molecule has 0 aliphatic carbocycles. The minimum absolute atomic E-state index is 0.0574. The fraction of sp³-hybridized carbons (Fsp3) is 0.500. The Labute approximate surface area is 109 Å². The Balaban J connectivity index is 3.00. The van der Waals surface area contributed by atoms with Crippen LogP contribution >= 0.6 is 0 Å². The maximum absolute atomic E-state index is 12.0. The summed E-state index contributed by atoms with van der Waals surface area (Å²) < 4.78 is 5.34.